The molecule has 0 amide bonds. The van der Waals surface area contributed by atoms with Gasteiger partial charge in [0.15, 0.2) is 0 Å². The first-order chi connectivity index (χ1) is 13.0. The number of benzene rings is 3. The predicted octanol–water partition coefficient (Wildman–Crippen LogP) is 7.63. The van der Waals surface area contributed by atoms with Crippen molar-refractivity contribution in [2.45, 2.75) is 57.8 Å². The monoisotopic (exact) mass is 352 g/mol. The molecule has 2 aliphatic rings. The summed E-state index contributed by atoms with van der Waals surface area (Å²) in [4.78, 5) is 0. The van der Waals surface area contributed by atoms with Crippen LogP contribution in [0.3, 0.4) is 0 Å². The van der Waals surface area contributed by atoms with Crippen molar-refractivity contribution in [1.29, 1.82) is 0 Å². The van der Waals surface area contributed by atoms with Crippen LogP contribution in [-0.2, 0) is 5.41 Å². The summed E-state index contributed by atoms with van der Waals surface area (Å²) < 4.78 is 0. The van der Waals surface area contributed by atoms with E-state index in [0.717, 1.165) is 5.92 Å². The van der Waals surface area contributed by atoms with Crippen molar-refractivity contribution < 1.29 is 0 Å². The molecule has 0 saturated heterocycles. The maximum atomic E-state index is 2.43. The highest BCUT2D eigenvalue weighted by Crippen LogP contribution is 2.49. The van der Waals surface area contributed by atoms with Gasteiger partial charge in [-0.15, -0.1) is 0 Å². The first kappa shape index (κ1) is 16.8. The largest absolute Gasteiger partial charge is 0.0587 e. The van der Waals surface area contributed by atoms with Gasteiger partial charge in [0.1, 0.15) is 0 Å². The average molecular weight is 353 g/mol. The van der Waals surface area contributed by atoms with Gasteiger partial charge in [0.25, 0.3) is 0 Å². The molecule has 0 N–H and O–H groups in total. The Bertz CT molecular complexity index is 999. The van der Waals surface area contributed by atoms with Crippen LogP contribution in [0.5, 0.6) is 0 Å². The molecule has 3 aromatic rings. The molecule has 1 fully saturated rings. The minimum atomic E-state index is 0.0660. The van der Waals surface area contributed by atoms with Gasteiger partial charge < -0.3 is 0 Å². The molecule has 3 aromatic carbocycles. The van der Waals surface area contributed by atoms with Gasteiger partial charge in [0.2, 0.25) is 0 Å². The lowest BCUT2D eigenvalue weighted by molar-refractivity contribution is 0.660. The molecule has 136 valence electrons. The van der Waals surface area contributed by atoms with Crippen molar-refractivity contribution in [3.63, 3.8) is 0 Å². The van der Waals surface area contributed by atoms with Crippen LogP contribution < -0.4 is 0 Å². The van der Waals surface area contributed by atoms with Gasteiger partial charge in [-0.3, -0.25) is 0 Å². The molecule has 0 radical (unpaired) electrons. The Hall–Kier alpha value is -2.34. The van der Waals surface area contributed by atoms with E-state index in [9.17, 15) is 0 Å². The Kier molecular flexibility index (Phi) is 3.79. The van der Waals surface area contributed by atoms with Crippen molar-refractivity contribution >= 4 is 0 Å². The van der Waals surface area contributed by atoms with Gasteiger partial charge in [0.05, 0.1) is 0 Å². The van der Waals surface area contributed by atoms with Crippen molar-refractivity contribution in [2.75, 3.05) is 0 Å². The number of fused-ring (bicyclic) bond motifs is 3. The molecule has 27 heavy (non-hydrogen) atoms. The summed E-state index contributed by atoms with van der Waals surface area (Å²) in [6.07, 6.45) is 5.52. The fourth-order valence-corrected chi connectivity index (χ4v) is 5.24. The molecule has 5 rings (SSSR count). The van der Waals surface area contributed by atoms with Gasteiger partial charge in [-0.1, -0.05) is 86.8 Å². The minimum Gasteiger partial charge on any atom is -0.0587 e. The summed E-state index contributed by atoms with van der Waals surface area (Å²) in [7, 11) is 0. The number of hydrogen-bond acceptors (Lipinski definition) is 0. The van der Waals surface area contributed by atoms with Crippen molar-refractivity contribution in [2.24, 2.45) is 0 Å². The number of rotatable bonds is 2. The maximum absolute atomic E-state index is 2.43. The van der Waals surface area contributed by atoms with E-state index in [4.69, 9.17) is 0 Å². The van der Waals surface area contributed by atoms with Crippen LogP contribution in [0, 0.1) is 6.92 Å². The van der Waals surface area contributed by atoms with E-state index in [0.29, 0.717) is 0 Å². The molecule has 0 nitrogen and oxygen atoms in total. The fraction of sp³-hybridized carbons (Fsp3) is 0.333. The van der Waals surface area contributed by atoms with Crippen molar-refractivity contribution in [1.82, 2.24) is 0 Å². The highest BCUT2D eigenvalue weighted by Gasteiger charge is 2.35. The lowest BCUT2D eigenvalue weighted by Gasteiger charge is -2.22. The van der Waals surface area contributed by atoms with Gasteiger partial charge in [-0.2, -0.15) is 0 Å². The fourth-order valence-electron chi connectivity index (χ4n) is 5.24. The predicted molar refractivity (Wildman–Crippen MR) is 115 cm³/mol. The lowest BCUT2D eigenvalue weighted by atomic mass is 9.81. The average Bonchev–Trinajstić information content (AvgIpc) is 3.28. The first-order valence-electron chi connectivity index (χ1n) is 10.4. The molecule has 0 unspecified atom stereocenters. The van der Waals surface area contributed by atoms with Gasteiger partial charge >= 0.3 is 0 Å². The summed E-state index contributed by atoms with van der Waals surface area (Å²) in [5.41, 5.74) is 11.3. The van der Waals surface area contributed by atoms with E-state index in [-0.39, 0.29) is 5.41 Å². The molecular weight excluding hydrogens is 324 g/mol. The molecule has 2 aliphatic carbocycles. The highest BCUT2D eigenvalue weighted by molar-refractivity contribution is 5.83. The van der Waals surface area contributed by atoms with E-state index < -0.39 is 0 Å². The third kappa shape index (κ3) is 2.65. The second-order valence-corrected chi connectivity index (χ2v) is 9.04. The molecule has 0 bridgehead atoms. The molecule has 0 heteroatoms. The third-order valence-electron chi connectivity index (χ3n) is 6.90. The van der Waals surface area contributed by atoms with Crippen LogP contribution in [0.1, 0.15) is 67.7 Å². The van der Waals surface area contributed by atoms with Crippen LogP contribution in [0.25, 0.3) is 22.3 Å². The van der Waals surface area contributed by atoms with E-state index in [1.54, 1.807) is 0 Å². The Morgan fingerprint density at radius 2 is 1.30 bits per heavy atom. The second-order valence-electron chi connectivity index (χ2n) is 9.04. The van der Waals surface area contributed by atoms with Gasteiger partial charge in [0, 0.05) is 5.41 Å². The SMILES string of the molecule is Cc1ccc2c(c1)C(C)(C)c1cc(-c3ccc(C4CCCC4)cc3)ccc1-2. The first-order valence-corrected chi connectivity index (χ1v) is 10.4. The zero-order valence-electron chi connectivity index (χ0n) is 16.7. The van der Waals surface area contributed by atoms with Crippen LogP contribution in [0.4, 0.5) is 0 Å². The third-order valence-corrected chi connectivity index (χ3v) is 6.90. The summed E-state index contributed by atoms with van der Waals surface area (Å²) in [5.74, 6) is 0.788. The molecular formula is C27H28. The summed E-state index contributed by atoms with van der Waals surface area (Å²) in [6, 6.07) is 23.3. The van der Waals surface area contributed by atoms with Crippen molar-refractivity contribution in [3.8, 4) is 22.3 Å². The van der Waals surface area contributed by atoms with Crippen LogP contribution in [0.15, 0.2) is 60.7 Å². The van der Waals surface area contributed by atoms with Gasteiger partial charge in [-0.05, 0) is 70.7 Å². The zero-order chi connectivity index (χ0) is 18.6. The summed E-state index contributed by atoms with van der Waals surface area (Å²) >= 11 is 0. The molecule has 0 heterocycles. The highest BCUT2D eigenvalue weighted by atomic mass is 14.4. The Labute approximate surface area is 163 Å². The van der Waals surface area contributed by atoms with Gasteiger partial charge in [-0.25, -0.2) is 0 Å². The molecule has 0 aliphatic heterocycles. The lowest BCUT2D eigenvalue weighted by Crippen LogP contribution is -2.15. The molecule has 1 saturated carbocycles. The maximum Gasteiger partial charge on any atom is 0.0159 e. The van der Waals surface area contributed by atoms with Crippen LogP contribution >= 0.6 is 0 Å². The Morgan fingerprint density at radius 1 is 0.704 bits per heavy atom. The quantitative estimate of drug-likeness (QED) is 0.445. The minimum absolute atomic E-state index is 0.0660. The zero-order valence-corrected chi connectivity index (χ0v) is 16.7. The topological polar surface area (TPSA) is 0 Å². The molecule has 0 spiro atoms. The molecule has 0 atom stereocenters. The number of aryl methyl sites for hydroxylation is 1. The van der Waals surface area contributed by atoms with E-state index in [1.165, 1.54) is 70.2 Å². The summed E-state index contributed by atoms with van der Waals surface area (Å²) in [5, 5.41) is 0. The Morgan fingerprint density at radius 3 is 2.00 bits per heavy atom. The van der Waals surface area contributed by atoms with Crippen LogP contribution in [0.2, 0.25) is 0 Å². The summed E-state index contributed by atoms with van der Waals surface area (Å²) in [6.45, 7) is 6.92. The Balaban J connectivity index is 1.54. The standard InChI is InChI=1S/C27H28/c1-18-8-14-23-24-15-13-22(17-26(24)27(2,3)25(23)16-18)21-11-9-20(10-12-21)19-6-4-5-7-19/h8-17,19H,4-7H2,1-3H3. The normalized spacial score (nSPS) is 17.7. The van der Waals surface area contributed by atoms with E-state index >= 15 is 0 Å². The van der Waals surface area contributed by atoms with E-state index in [1.807, 2.05) is 0 Å². The van der Waals surface area contributed by atoms with Crippen molar-refractivity contribution in [3.05, 3.63) is 82.9 Å². The van der Waals surface area contributed by atoms with E-state index in [2.05, 4.69) is 81.4 Å². The smallest absolute Gasteiger partial charge is 0.0159 e. The molecule has 0 aromatic heterocycles. The second kappa shape index (κ2) is 6.09. The van der Waals surface area contributed by atoms with Crippen LogP contribution in [-0.4, -0.2) is 0 Å². The number of hydrogen-bond donors (Lipinski definition) is 0.